The molecule has 0 aliphatic heterocycles. The summed E-state index contributed by atoms with van der Waals surface area (Å²) in [5, 5.41) is 0. The predicted octanol–water partition coefficient (Wildman–Crippen LogP) is 2.81. The lowest BCUT2D eigenvalue weighted by Gasteiger charge is -2.31. The van der Waals surface area contributed by atoms with Crippen LogP contribution in [0.4, 0.5) is 4.39 Å². The summed E-state index contributed by atoms with van der Waals surface area (Å²) < 4.78 is 29.2. The summed E-state index contributed by atoms with van der Waals surface area (Å²) >= 11 is 2.30. The minimum Gasteiger partial charge on any atom is -0.377 e. The van der Waals surface area contributed by atoms with Crippen molar-refractivity contribution in [1.82, 2.24) is 0 Å². The Labute approximate surface area is 106 Å². The van der Waals surface area contributed by atoms with Crippen LogP contribution in [0.5, 0.6) is 0 Å². The smallest absolute Gasteiger partial charge is 0.377 e. The quantitative estimate of drug-likeness (QED) is 0.277. The van der Waals surface area contributed by atoms with Crippen LogP contribution < -0.4 is 0 Å². The number of hydrogen-bond donors (Lipinski definition) is 0. The summed E-state index contributed by atoms with van der Waals surface area (Å²) in [6.07, 6.45) is 2.36. The number of alkyl halides is 2. The Morgan fingerprint density at radius 2 is 1.67 bits per heavy atom. The Bertz CT molecular complexity index is 150. The van der Waals surface area contributed by atoms with Crippen molar-refractivity contribution in [3.8, 4) is 0 Å². The second kappa shape index (κ2) is 8.86. The van der Waals surface area contributed by atoms with Crippen LogP contribution in [0.15, 0.2) is 0 Å². The van der Waals surface area contributed by atoms with Crippen LogP contribution in [-0.4, -0.2) is 41.2 Å². The lowest BCUT2D eigenvalue weighted by Crippen LogP contribution is -2.48. The molecule has 0 amide bonds. The van der Waals surface area contributed by atoms with Crippen molar-refractivity contribution < 1.29 is 17.7 Å². The van der Waals surface area contributed by atoms with Crippen LogP contribution in [0, 0.1) is 0 Å². The van der Waals surface area contributed by atoms with Crippen molar-refractivity contribution in [2.24, 2.45) is 0 Å². The van der Waals surface area contributed by atoms with Crippen molar-refractivity contribution in [3.63, 3.8) is 0 Å². The molecule has 1 atom stereocenters. The van der Waals surface area contributed by atoms with E-state index in [1.807, 2.05) is 0 Å². The standard InChI is InChI=1S/C9H20FIO3Si/c1-12-15(13-2,14-3)9(8-11)6-4-5-7-10/h9H,4-8H2,1-3H3. The largest absolute Gasteiger partial charge is 0.504 e. The monoisotopic (exact) mass is 350 g/mol. The van der Waals surface area contributed by atoms with Crippen LogP contribution in [0.25, 0.3) is 0 Å². The van der Waals surface area contributed by atoms with Crippen LogP contribution >= 0.6 is 22.6 Å². The van der Waals surface area contributed by atoms with Gasteiger partial charge in [0.1, 0.15) is 0 Å². The summed E-state index contributed by atoms with van der Waals surface area (Å²) in [5.74, 6) is 0. The van der Waals surface area contributed by atoms with Gasteiger partial charge in [-0.2, -0.15) is 0 Å². The molecule has 0 aliphatic carbocycles. The van der Waals surface area contributed by atoms with E-state index < -0.39 is 8.80 Å². The topological polar surface area (TPSA) is 27.7 Å². The molecule has 0 aromatic heterocycles. The molecule has 6 heteroatoms. The maximum Gasteiger partial charge on any atom is 0.504 e. The van der Waals surface area contributed by atoms with E-state index in [0.29, 0.717) is 6.42 Å². The Balaban J connectivity index is 4.31. The molecule has 0 saturated heterocycles. The summed E-state index contributed by atoms with van der Waals surface area (Å²) in [6, 6.07) is 0. The normalized spacial score (nSPS) is 14.2. The van der Waals surface area contributed by atoms with Crippen molar-refractivity contribution >= 4 is 31.4 Å². The van der Waals surface area contributed by atoms with Gasteiger partial charge in [-0.05, 0) is 12.8 Å². The molecule has 0 saturated carbocycles. The third-order valence-corrected chi connectivity index (χ3v) is 7.57. The molecule has 15 heavy (non-hydrogen) atoms. The fraction of sp³-hybridized carbons (Fsp3) is 1.00. The summed E-state index contributed by atoms with van der Waals surface area (Å²) in [6.45, 7) is -0.254. The lowest BCUT2D eigenvalue weighted by atomic mass is 10.2. The first-order valence-electron chi connectivity index (χ1n) is 4.98. The van der Waals surface area contributed by atoms with Crippen molar-refractivity contribution in [2.45, 2.75) is 24.8 Å². The molecule has 1 unspecified atom stereocenters. The van der Waals surface area contributed by atoms with Crippen molar-refractivity contribution in [2.75, 3.05) is 32.4 Å². The number of halogens is 2. The molecular formula is C9H20FIO3Si. The Hall–Kier alpha value is 0.757. The zero-order chi connectivity index (χ0) is 11.7. The molecule has 0 aromatic carbocycles. The molecule has 92 valence electrons. The molecule has 0 aromatic rings. The number of hydrogen-bond acceptors (Lipinski definition) is 3. The Morgan fingerprint density at radius 3 is 2.00 bits per heavy atom. The summed E-state index contributed by atoms with van der Waals surface area (Å²) in [5.41, 5.74) is 0.254. The van der Waals surface area contributed by atoms with E-state index in [9.17, 15) is 4.39 Å². The Morgan fingerprint density at radius 1 is 1.13 bits per heavy atom. The first-order valence-corrected chi connectivity index (χ1v) is 8.30. The van der Waals surface area contributed by atoms with Gasteiger partial charge in [-0.3, -0.25) is 4.39 Å². The lowest BCUT2D eigenvalue weighted by molar-refractivity contribution is 0.112. The predicted molar refractivity (Wildman–Crippen MR) is 69.2 cm³/mol. The summed E-state index contributed by atoms with van der Waals surface area (Å²) in [4.78, 5) is 0. The second-order valence-electron chi connectivity index (χ2n) is 3.25. The highest BCUT2D eigenvalue weighted by Gasteiger charge is 2.46. The molecule has 0 radical (unpaired) electrons. The van der Waals surface area contributed by atoms with Gasteiger partial charge in [0, 0.05) is 31.3 Å². The van der Waals surface area contributed by atoms with Gasteiger partial charge < -0.3 is 13.3 Å². The fourth-order valence-corrected chi connectivity index (χ4v) is 5.89. The minimum absolute atomic E-state index is 0.254. The third-order valence-electron chi connectivity index (χ3n) is 2.48. The molecular weight excluding hydrogens is 330 g/mol. The highest BCUT2D eigenvalue weighted by atomic mass is 127. The van der Waals surface area contributed by atoms with E-state index >= 15 is 0 Å². The van der Waals surface area contributed by atoms with Gasteiger partial charge in [-0.1, -0.05) is 29.0 Å². The molecule has 0 N–H and O–H groups in total. The van der Waals surface area contributed by atoms with Crippen LogP contribution in [-0.2, 0) is 13.3 Å². The van der Waals surface area contributed by atoms with Gasteiger partial charge in [-0.15, -0.1) is 0 Å². The van der Waals surface area contributed by atoms with Crippen molar-refractivity contribution in [3.05, 3.63) is 0 Å². The highest BCUT2D eigenvalue weighted by molar-refractivity contribution is 14.1. The molecule has 0 bridgehead atoms. The average molecular weight is 350 g/mol. The van der Waals surface area contributed by atoms with Crippen LogP contribution in [0.2, 0.25) is 5.54 Å². The first kappa shape index (κ1) is 15.8. The summed E-state index contributed by atoms with van der Waals surface area (Å²) in [7, 11) is 2.33. The van der Waals surface area contributed by atoms with E-state index in [0.717, 1.165) is 17.3 Å². The maximum absolute atomic E-state index is 12.0. The third kappa shape index (κ3) is 4.64. The maximum atomic E-state index is 12.0. The molecule has 0 fully saturated rings. The van der Waals surface area contributed by atoms with Gasteiger partial charge in [0.2, 0.25) is 0 Å². The van der Waals surface area contributed by atoms with Crippen LogP contribution in [0.3, 0.4) is 0 Å². The van der Waals surface area contributed by atoms with E-state index in [1.54, 1.807) is 21.3 Å². The Kier molecular flexibility index (Phi) is 9.30. The van der Waals surface area contributed by atoms with Gasteiger partial charge in [0.15, 0.2) is 0 Å². The number of unbranched alkanes of at least 4 members (excludes halogenated alkanes) is 1. The zero-order valence-corrected chi connectivity index (χ0v) is 12.8. The second-order valence-corrected chi connectivity index (χ2v) is 7.38. The number of rotatable bonds is 9. The van der Waals surface area contributed by atoms with E-state index in [4.69, 9.17) is 13.3 Å². The zero-order valence-electron chi connectivity index (χ0n) is 9.59. The van der Waals surface area contributed by atoms with Gasteiger partial charge in [0.25, 0.3) is 0 Å². The van der Waals surface area contributed by atoms with Gasteiger partial charge >= 0.3 is 8.80 Å². The molecule has 0 spiro atoms. The van der Waals surface area contributed by atoms with Gasteiger partial charge in [-0.25, -0.2) is 0 Å². The molecule has 0 aliphatic rings. The minimum atomic E-state index is -2.53. The van der Waals surface area contributed by atoms with Gasteiger partial charge in [0.05, 0.1) is 6.67 Å². The van der Waals surface area contributed by atoms with E-state index in [1.165, 1.54) is 0 Å². The molecule has 0 heterocycles. The molecule has 3 nitrogen and oxygen atoms in total. The van der Waals surface area contributed by atoms with Crippen LogP contribution in [0.1, 0.15) is 19.3 Å². The highest BCUT2D eigenvalue weighted by Crippen LogP contribution is 2.31. The molecule has 0 rings (SSSR count). The van der Waals surface area contributed by atoms with E-state index in [-0.39, 0.29) is 12.2 Å². The van der Waals surface area contributed by atoms with E-state index in [2.05, 4.69) is 22.6 Å². The fourth-order valence-electron chi connectivity index (χ4n) is 1.58. The SMILES string of the molecule is CO[Si](OC)(OC)C(CI)CCCCF. The van der Waals surface area contributed by atoms with Crippen molar-refractivity contribution in [1.29, 1.82) is 0 Å². The first-order chi connectivity index (χ1) is 7.20. The average Bonchev–Trinajstić information content (AvgIpc) is 2.29.